The minimum Gasteiger partial charge on any atom is -0.454 e. The highest BCUT2D eigenvalue weighted by Crippen LogP contribution is 2.40. The van der Waals surface area contributed by atoms with Crippen LogP contribution in [0.15, 0.2) is 22.0 Å². The summed E-state index contributed by atoms with van der Waals surface area (Å²) in [6, 6.07) is 2.81. The third-order valence-corrected chi connectivity index (χ3v) is 4.35. The van der Waals surface area contributed by atoms with Crippen LogP contribution in [0.4, 0.5) is 5.69 Å². The average molecular weight is 321 g/mol. The fraction of sp³-hybridized carbons (Fsp3) is 0.231. The standard InChI is InChI=1S/C13H11N3O5S/c1-14-13-15(2)12(17)11(22-13)4-7-3-9-10(21-6-20-9)5-8(7)16(18)19/h3-5H,6H2,1-2H3/b11-4-,14-13?. The fourth-order valence-electron chi connectivity index (χ4n) is 2.11. The minimum atomic E-state index is -0.517. The van der Waals surface area contributed by atoms with E-state index in [4.69, 9.17) is 9.47 Å². The van der Waals surface area contributed by atoms with Crippen molar-refractivity contribution in [3.8, 4) is 11.5 Å². The second kappa shape index (κ2) is 5.34. The topological polar surface area (TPSA) is 94.3 Å². The van der Waals surface area contributed by atoms with E-state index >= 15 is 0 Å². The van der Waals surface area contributed by atoms with Gasteiger partial charge in [-0.25, -0.2) is 0 Å². The lowest BCUT2D eigenvalue weighted by atomic mass is 10.1. The quantitative estimate of drug-likeness (QED) is 0.469. The highest BCUT2D eigenvalue weighted by atomic mass is 32.2. The molecular formula is C13H11N3O5S. The fourth-order valence-corrected chi connectivity index (χ4v) is 3.03. The van der Waals surface area contributed by atoms with Crippen LogP contribution >= 0.6 is 11.8 Å². The van der Waals surface area contributed by atoms with E-state index in [-0.39, 0.29) is 24.0 Å². The van der Waals surface area contributed by atoms with Crippen molar-refractivity contribution >= 4 is 34.6 Å². The predicted octanol–water partition coefficient (Wildman–Crippen LogP) is 1.86. The van der Waals surface area contributed by atoms with Gasteiger partial charge in [0, 0.05) is 14.1 Å². The van der Waals surface area contributed by atoms with Crippen LogP contribution in [0, 0.1) is 10.1 Å². The Kier molecular flexibility index (Phi) is 3.49. The van der Waals surface area contributed by atoms with Gasteiger partial charge in [0.25, 0.3) is 11.6 Å². The van der Waals surface area contributed by atoms with E-state index in [9.17, 15) is 14.9 Å². The van der Waals surface area contributed by atoms with Gasteiger partial charge in [-0.15, -0.1) is 0 Å². The van der Waals surface area contributed by atoms with E-state index in [0.717, 1.165) is 0 Å². The number of thioether (sulfide) groups is 1. The van der Waals surface area contributed by atoms with Gasteiger partial charge in [0.1, 0.15) is 0 Å². The molecule has 22 heavy (non-hydrogen) atoms. The van der Waals surface area contributed by atoms with Crippen LogP contribution in [0.5, 0.6) is 11.5 Å². The Labute approximate surface area is 129 Å². The number of amidine groups is 1. The second-order valence-corrected chi connectivity index (χ2v) is 5.51. The first-order valence-electron chi connectivity index (χ1n) is 6.23. The third-order valence-electron chi connectivity index (χ3n) is 3.20. The molecule has 8 nitrogen and oxygen atoms in total. The van der Waals surface area contributed by atoms with Gasteiger partial charge in [-0.3, -0.25) is 24.8 Å². The molecule has 1 amide bonds. The summed E-state index contributed by atoms with van der Waals surface area (Å²) >= 11 is 1.17. The van der Waals surface area contributed by atoms with Gasteiger partial charge >= 0.3 is 0 Å². The largest absolute Gasteiger partial charge is 0.454 e. The molecule has 0 atom stereocenters. The van der Waals surface area contributed by atoms with Gasteiger partial charge in [0.15, 0.2) is 16.7 Å². The zero-order valence-electron chi connectivity index (χ0n) is 11.7. The van der Waals surface area contributed by atoms with Gasteiger partial charge in [-0.1, -0.05) is 0 Å². The number of benzene rings is 1. The number of rotatable bonds is 2. The maximum Gasteiger partial charge on any atom is 0.280 e. The molecule has 1 aromatic rings. The van der Waals surface area contributed by atoms with Crippen LogP contribution in [0.1, 0.15) is 5.56 Å². The lowest BCUT2D eigenvalue weighted by molar-refractivity contribution is -0.385. The molecule has 0 bridgehead atoms. The Balaban J connectivity index is 2.07. The first-order valence-corrected chi connectivity index (χ1v) is 7.05. The van der Waals surface area contributed by atoms with Crippen molar-refractivity contribution in [2.75, 3.05) is 20.9 Å². The van der Waals surface area contributed by atoms with Gasteiger partial charge < -0.3 is 9.47 Å². The molecule has 1 fully saturated rings. The predicted molar refractivity (Wildman–Crippen MR) is 80.9 cm³/mol. The lowest BCUT2D eigenvalue weighted by Gasteiger charge is -2.05. The van der Waals surface area contributed by atoms with Gasteiger partial charge in [-0.05, 0) is 23.9 Å². The maximum absolute atomic E-state index is 12.1. The molecular weight excluding hydrogens is 310 g/mol. The molecule has 3 rings (SSSR count). The number of nitro benzene ring substituents is 1. The summed E-state index contributed by atoms with van der Waals surface area (Å²) in [5, 5.41) is 11.8. The molecule has 1 aromatic carbocycles. The van der Waals surface area contributed by atoms with Gasteiger partial charge in [-0.2, -0.15) is 0 Å². The molecule has 1 saturated heterocycles. The molecule has 0 aliphatic carbocycles. The summed E-state index contributed by atoms with van der Waals surface area (Å²) in [6.45, 7) is 0.0234. The number of hydrogen-bond acceptors (Lipinski definition) is 7. The highest BCUT2D eigenvalue weighted by molar-refractivity contribution is 8.18. The summed E-state index contributed by atoms with van der Waals surface area (Å²) in [5.74, 6) is 0.496. The molecule has 9 heteroatoms. The Morgan fingerprint density at radius 3 is 2.68 bits per heavy atom. The highest BCUT2D eigenvalue weighted by Gasteiger charge is 2.31. The maximum atomic E-state index is 12.1. The monoisotopic (exact) mass is 321 g/mol. The van der Waals surface area contributed by atoms with E-state index < -0.39 is 4.92 Å². The van der Waals surface area contributed by atoms with Crippen LogP contribution in [0.2, 0.25) is 0 Å². The number of nitro groups is 1. The Morgan fingerprint density at radius 1 is 1.41 bits per heavy atom. The number of fused-ring (bicyclic) bond motifs is 1. The molecule has 0 unspecified atom stereocenters. The van der Waals surface area contributed by atoms with E-state index in [1.165, 1.54) is 34.9 Å². The number of likely N-dealkylation sites (N-methyl/N-ethyl adjacent to an activating group) is 1. The number of ether oxygens (including phenoxy) is 2. The normalized spacial score (nSPS) is 20.3. The summed E-state index contributed by atoms with van der Waals surface area (Å²) in [4.78, 5) is 28.6. The van der Waals surface area contributed by atoms with Crippen molar-refractivity contribution in [2.45, 2.75) is 0 Å². The number of carbonyl (C=O) groups excluding carboxylic acids is 1. The summed E-state index contributed by atoms with van der Waals surface area (Å²) in [6.07, 6.45) is 1.47. The van der Waals surface area contributed by atoms with Crippen LogP contribution in [0.25, 0.3) is 6.08 Å². The van der Waals surface area contributed by atoms with Gasteiger partial charge in [0.2, 0.25) is 6.79 Å². The van der Waals surface area contributed by atoms with E-state index in [0.29, 0.717) is 21.6 Å². The number of carbonyl (C=O) groups is 1. The van der Waals surface area contributed by atoms with Crippen molar-refractivity contribution < 1.29 is 19.2 Å². The number of amides is 1. The first kappa shape index (κ1) is 14.4. The van der Waals surface area contributed by atoms with Crippen LogP contribution < -0.4 is 9.47 Å². The zero-order valence-corrected chi connectivity index (χ0v) is 12.5. The second-order valence-electron chi connectivity index (χ2n) is 4.50. The van der Waals surface area contributed by atoms with Crippen molar-refractivity contribution in [1.82, 2.24) is 4.90 Å². The third kappa shape index (κ3) is 2.29. The molecule has 2 aliphatic rings. The molecule has 2 aliphatic heterocycles. The van der Waals surface area contributed by atoms with E-state index in [1.54, 1.807) is 14.1 Å². The Morgan fingerprint density at radius 2 is 2.09 bits per heavy atom. The summed E-state index contributed by atoms with van der Waals surface area (Å²) in [5.41, 5.74) is 0.144. The van der Waals surface area contributed by atoms with Crippen molar-refractivity contribution in [3.63, 3.8) is 0 Å². The van der Waals surface area contributed by atoms with Crippen molar-refractivity contribution in [1.29, 1.82) is 0 Å². The smallest absolute Gasteiger partial charge is 0.280 e. The number of nitrogens with zero attached hydrogens (tertiary/aromatic N) is 3. The summed E-state index contributed by atoms with van der Waals surface area (Å²) in [7, 11) is 3.19. The first-order chi connectivity index (χ1) is 10.5. The van der Waals surface area contributed by atoms with E-state index in [2.05, 4.69) is 4.99 Å². The number of aliphatic imine (C=N–C) groups is 1. The SMILES string of the molecule is CN=C1S/C(=C\c2cc3c(cc2[N+](=O)[O-])OCO3)C(=O)N1C. The molecule has 0 spiro atoms. The average Bonchev–Trinajstić information content (AvgIpc) is 3.05. The van der Waals surface area contributed by atoms with Crippen LogP contribution in [-0.4, -0.2) is 41.8 Å². The van der Waals surface area contributed by atoms with Crippen molar-refractivity contribution in [3.05, 3.63) is 32.7 Å². The molecule has 2 heterocycles. The van der Waals surface area contributed by atoms with Gasteiger partial charge in [0.05, 0.1) is 21.5 Å². The molecule has 0 radical (unpaired) electrons. The molecule has 0 aromatic heterocycles. The number of hydrogen-bond donors (Lipinski definition) is 0. The molecule has 114 valence electrons. The van der Waals surface area contributed by atoms with E-state index in [1.807, 2.05) is 0 Å². The van der Waals surface area contributed by atoms with Crippen LogP contribution in [0.3, 0.4) is 0 Å². The van der Waals surface area contributed by atoms with Crippen LogP contribution in [-0.2, 0) is 4.79 Å². The minimum absolute atomic E-state index is 0.0234. The Hall–Kier alpha value is -2.55. The lowest BCUT2D eigenvalue weighted by Crippen LogP contribution is -2.23. The van der Waals surface area contributed by atoms with Crippen molar-refractivity contribution in [2.24, 2.45) is 4.99 Å². The molecule has 0 saturated carbocycles. The Bertz CT molecular complexity index is 743. The summed E-state index contributed by atoms with van der Waals surface area (Å²) < 4.78 is 10.4. The zero-order chi connectivity index (χ0) is 15.9. The molecule has 0 N–H and O–H groups in total.